The van der Waals surface area contributed by atoms with Crippen LogP contribution in [0.3, 0.4) is 0 Å². The van der Waals surface area contributed by atoms with E-state index in [1.807, 2.05) is 36.1 Å². The normalized spacial score (nSPS) is 14.6. The topological polar surface area (TPSA) is 38.1 Å². The number of aromatic nitrogens is 2. The lowest BCUT2D eigenvalue weighted by Crippen LogP contribution is -2.28. The van der Waals surface area contributed by atoms with E-state index in [9.17, 15) is 4.79 Å². The molecular weight excluding hydrogens is 321 g/mol. The van der Waals surface area contributed by atoms with E-state index in [0.717, 1.165) is 31.5 Å². The van der Waals surface area contributed by atoms with Crippen molar-refractivity contribution in [3.63, 3.8) is 0 Å². The molecule has 4 nitrogen and oxygen atoms in total. The van der Waals surface area contributed by atoms with Crippen LogP contribution < -0.4 is 0 Å². The van der Waals surface area contributed by atoms with Crippen molar-refractivity contribution < 1.29 is 4.79 Å². The highest BCUT2D eigenvalue weighted by Gasteiger charge is 2.26. The summed E-state index contributed by atoms with van der Waals surface area (Å²) in [6, 6.07) is 7.56. The number of halogens is 2. The molecule has 2 aromatic rings. The molecule has 116 valence electrons. The van der Waals surface area contributed by atoms with Gasteiger partial charge in [-0.05, 0) is 31.4 Å². The molecule has 6 heteroatoms. The Labute approximate surface area is 139 Å². The van der Waals surface area contributed by atoms with E-state index in [-0.39, 0.29) is 5.91 Å². The first-order valence-electron chi connectivity index (χ1n) is 7.33. The maximum Gasteiger partial charge on any atom is 0.258 e. The molecule has 0 unspecified atom stereocenters. The number of carbonyl (C=O) groups excluding carboxylic acids is 1. The van der Waals surface area contributed by atoms with Gasteiger partial charge in [0.2, 0.25) is 0 Å². The molecule has 1 saturated heterocycles. The largest absolute Gasteiger partial charge is 0.338 e. The van der Waals surface area contributed by atoms with E-state index < -0.39 is 0 Å². The lowest BCUT2D eigenvalue weighted by Gasteiger charge is -2.14. The molecule has 0 atom stereocenters. The average Bonchev–Trinajstić information content (AvgIpc) is 3.11. The SMILES string of the molecule is Cc1nn(Cc2ccccc2Cl)c(Cl)c1C(=O)N1CCCC1. The van der Waals surface area contributed by atoms with Crippen LogP contribution in [0.1, 0.15) is 34.5 Å². The smallest absolute Gasteiger partial charge is 0.258 e. The second kappa shape index (κ2) is 6.31. The van der Waals surface area contributed by atoms with E-state index in [1.165, 1.54) is 0 Å². The summed E-state index contributed by atoms with van der Waals surface area (Å²) in [6.07, 6.45) is 2.10. The number of rotatable bonds is 3. The summed E-state index contributed by atoms with van der Waals surface area (Å²) in [6.45, 7) is 3.86. The van der Waals surface area contributed by atoms with Crippen molar-refractivity contribution in [3.05, 3.63) is 51.3 Å². The number of likely N-dealkylation sites (tertiary alicyclic amines) is 1. The average molecular weight is 338 g/mol. The monoisotopic (exact) mass is 337 g/mol. The molecule has 0 radical (unpaired) electrons. The number of hydrogen-bond donors (Lipinski definition) is 0. The summed E-state index contributed by atoms with van der Waals surface area (Å²) in [4.78, 5) is 14.4. The van der Waals surface area contributed by atoms with Crippen LogP contribution >= 0.6 is 23.2 Å². The van der Waals surface area contributed by atoms with Gasteiger partial charge in [0.05, 0.1) is 17.8 Å². The molecule has 0 saturated carbocycles. The summed E-state index contributed by atoms with van der Waals surface area (Å²) < 4.78 is 1.64. The minimum absolute atomic E-state index is 0.0228. The highest BCUT2D eigenvalue weighted by molar-refractivity contribution is 6.33. The Kier molecular flexibility index (Phi) is 4.41. The zero-order valence-electron chi connectivity index (χ0n) is 12.4. The highest BCUT2D eigenvalue weighted by Crippen LogP contribution is 2.25. The van der Waals surface area contributed by atoms with Gasteiger partial charge < -0.3 is 4.90 Å². The van der Waals surface area contributed by atoms with Crippen LogP contribution in [0.4, 0.5) is 0 Å². The predicted octanol–water partition coefficient (Wildman–Crippen LogP) is 3.78. The Bertz CT molecular complexity index is 705. The Morgan fingerprint density at radius 1 is 1.23 bits per heavy atom. The van der Waals surface area contributed by atoms with Crippen LogP contribution in [0.15, 0.2) is 24.3 Å². The zero-order chi connectivity index (χ0) is 15.7. The first-order chi connectivity index (χ1) is 10.6. The molecule has 0 N–H and O–H groups in total. The molecule has 1 aromatic heterocycles. The first kappa shape index (κ1) is 15.4. The van der Waals surface area contributed by atoms with Gasteiger partial charge in [-0.1, -0.05) is 41.4 Å². The second-order valence-corrected chi connectivity index (χ2v) is 6.26. The van der Waals surface area contributed by atoms with Crippen molar-refractivity contribution >= 4 is 29.1 Å². The van der Waals surface area contributed by atoms with Gasteiger partial charge in [-0.15, -0.1) is 0 Å². The molecule has 1 aromatic carbocycles. The molecular formula is C16H17Cl2N3O. The molecule has 0 bridgehead atoms. The van der Waals surface area contributed by atoms with E-state index >= 15 is 0 Å². The maximum atomic E-state index is 12.6. The number of carbonyl (C=O) groups is 1. The molecule has 1 aliphatic rings. The zero-order valence-corrected chi connectivity index (χ0v) is 13.9. The summed E-state index contributed by atoms with van der Waals surface area (Å²) in [7, 11) is 0. The fraction of sp³-hybridized carbons (Fsp3) is 0.375. The number of hydrogen-bond acceptors (Lipinski definition) is 2. The van der Waals surface area contributed by atoms with Crippen molar-refractivity contribution in [2.75, 3.05) is 13.1 Å². The molecule has 1 aliphatic heterocycles. The number of amides is 1. The molecule has 3 rings (SSSR count). The third-order valence-corrected chi connectivity index (χ3v) is 4.70. The molecule has 2 heterocycles. The van der Waals surface area contributed by atoms with Gasteiger partial charge in [-0.3, -0.25) is 4.79 Å². The van der Waals surface area contributed by atoms with Gasteiger partial charge in [0.15, 0.2) is 0 Å². The molecule has 1 amide bonds. The van der Waals surface area contributed by atoms with Crippen LogP contribution in [0.25, 0.3) is 0 Å². The standard InChI is InChI=1S/C16H17Cl2N3O/c1-11-14(16(22)20-8-4-5-9-20)15(18)21(19-11)10-12-6-2-3-7-13(12)17/h2-3,6-7H,4-5,8-10H2,1H3. The Morgan fingerprint density at radius 2 is 1.91 bits per heavy atom. The predicted molar refractivity (Wildman–Crippen MR) is 87.7 cm³/mol. The molecule has 0 aliphatic carbocycles. The van der Waals surface area contributed by atoms with Crippen LogP contribution in [-0.2, 0) is 6.54 Å². The van der Waals surface area contributed by atoms with Gasteiger partial charge in [-0.25, -0.2) is 4.68 Å². The molecule has 1 fully saturated rings. The third kappa shape index (κ3) is 2.85. The van der Waals surface area contributed by atoms with Crippen LogP contribution in [-0.4, -0.2) is 33.7 Å². The quantitative estimate of drug-likeness (QED) is 0.854. The summed E-state index contributed by atoms with van der Waals surface area (Å²) >= 11 is 12.6. The van der Waals surface area contributed by atoms with E-state index in [2.05, 4.69) is 5.10 Å². The van der Waals surface area contributed by atoms with Gasteiger partial charge in [-0.2, -0.15) is 5.10 Å². The van der Waals surface area contributed by atoms with E-state index in [4.69, 9.17) is 23.2 Å². The Morgan fingerprint density at radius 3 is 2.59 bits per heavy atom. The van der Waals surface area contributed by atoms with Gasteiger partial charge >= 0.3 is 0 Å². The summed E-state index contributed by atoms with van der Waals surface area (Å²) in [5.41, 5.74) is 2.10. The number of benzene rings is 1. The molecule has 0 spiro atoms. The van der Waals surface area contributed by atoms with Gasteiger partial charge in [0.1, 0.15) is 5.15 Å². The number of aryl methyl sites for hydroxylation is 1. The summed E-state index contributed by atoms with van der Waals surface area (Å²) in [5.74, 6) is -0.0228. The first-order valence-corrected chi connectivity index (χ1v) is 8.09. The van der Waals surface area contributed by atoms with Crippen LogP contribution in [0.2, 0.25) is 10.2 Å². The van der Waals surface area contributed by atoms with Gasteiger partial charge in [0, 0.05) is 18.1 Å². The summed E-state index contributed by atoms with van der Waals surface area (Å²) in [5, 5.41) is 5.47. The Hall–Kier alpha value is -1.52. The van der Waals surface area contributed by atoms with Crippen molar-refractivity contribution in [2.24, 2.45) is 0 Å². The van der Waals surface area contributed by atoms with Crippen molar-refractivity contribution in [1.82, 2.24) is 14.7 Å². The van der Waals surface area contributed by atoms with Crippen LogP contribution in [0.5, 0.6) is 0 Å². The minimum atomic E-state index is -0.0228. The maximum absolute atomic E-state index is 12.6. The highest BCUT2D eigenvalue weighted by atomic mass is 35.5. The second-order valence-electron chi connectivity index (χ2n) is 5.50. The fourth-order valence-electron chi connectivity index (χ4n) is 2.77. The third-order valence-electron chi connectivity index (χ3n) is 3.95. The lowest BCUT2D eigenvalue weighted by atomic mass is 10.2. The Balaban J connectivity index is 1.90. The van der Waals surface area contributed by atoms with E-state index in [0.29, 0.717) is 28.0 Å². The fourth-order valence-corrected chi connectivity index (χ4v) is 3.28. The van der Waals surface area contributed by atoms with Crippen molar-refractivity contribution in [3.8, 4) is 0 Å². The van der Waals surface area contributed by atoms with Crippen LogP contribution in [0, 0.1) is 6.92 Å². The van der Waals surface area contributed by atoms with Gasteiger partial charge in [0.25, 0.3) is 5.91 Å². The van der Waals surface area contributed by atoms with Crippen molar-refractivity contribution in [1.29, 1.82) is 0 Å². The minimum Gasteiger partial charge on any atom is -0.338 e. The van der Waals surface area contributed by atoms with E-state index in [1.54, 1.807) is 4.68 Å². The lowest BCUT2D eigenvalue weighted by molar-refractivity contribution is 0.0792. The number of nitrogens with zero attached hydrogens (tertiary/aromatic N) is 3. The molecule has 22 heavy (non-hydrogen) atoms. The van der Waals surface area contributed by atoms with Crippen molar-refractivity contribution in [2.45, 2.75) is 26.3 Å².